The fourth-order valence-electron chi connectivity index (χ4n) is 3.40. The van der Waals surface area contributed by atoms with E-state index in [4.69, 9.17) is 14.9 Å². The maximum Gasteiger partial charge on any atom is 0.283 e. The highest BCUT2D eigenvalue weighted by molar-refractivity contribution is 8.16. The number of hydrogen-bond donors (Lipinski definition) is 1. The van der Waals surface area contributed by atoms with Crippen LogP contribution in [0.2, 0.25) is 0 Å². The molecule has 0 radical (unpaired) electrons. The number of carbonyl (C=O) groups is 1. The molecule has 36 heavy (non-hydrogen) atoms. The lowest BCUT2D eigenvalue weighted by atomic mass is 10.1. The lowest BCUT2D eigenvalue weighted by molar-refractivity contribution is -0.114. The SMILES string of the molecule is CCS(=O)(=O)C1=NSC2=NC(=O)/C(=C\c3ccc(OCCCOc4ccc(C)c(C)c4)cc3)C(=N)N21. The first-order valence-electron chi connectivity index (χ1n) is 11.3. The number of nitrogens with one attached hydrogen (secondary N) is 1. The number of ether oxygens (including phenoxy) is 2. The summed E-state index contributed by atoms with van der Waals surface area (Å²) in [5.41, 5.74) is 3.05. The van der Waals surface area contributed by atoms with Crippen LogP contribution in [-0.4, -0.2) is 54.4 Å². The molecule has 0 aliphatic carbocycles. The smallest absolute Gasteiger partial charge is 0.283 e. The largest absolute Gasteiger partial charge is 0.493 e. The normalized spacial score (nSPS) is 16.6. The van der Waals surface area contributed by atoms with E-state index in [1.54, 1.807) is 24.3 Å². The lowest BCUT2D eigenvalue weighted by Crippen LogP contribution is -2.45. The number of benzene rings is 2. The van der Waals surface area contributed by atoms with Crippen molar-refractivity contribution in [2.24, 2.45) is 9.39 Å². The van der Waals surface area contributed by atoms with Crippen LogP contribution in [0, 0.1) is 19.3 Å². The predicted octanol–water partition coefficient (Wildman–Crippen LogP) is 4.16. The highest BCUT2D eigenvalue weighted by Crippen LogP contribution is 2.30. The van der Waals surface area contributed by atoms with Crippen LogP contribution in [0.5, 0.6) is 11.5 Å². The summed E-state index contributed by atoms with van der Waals surface area (Å²) in [6, 6.07) is 13.1. The molecule has 2 aromatic rings. The molecule has 0 saturated carbocycles. The van der Waals surface area contributed by atoms with E-state index >= 15 is 0 Å². The average molecular weight is 527 g/mol. The van der Waals surface area contributed by atoms with Gasteiger partial charge >= 0.3 is 0 Å². The number of nitrogens with zero attached hydrogens (tertiary/aromatic N) is 3. The molecule has 0 spiro atoms. The van der Waals surface area contributed by atoms with Gasteiger partial charge in [-0.25, -0.2) is 13.3 Å². The number of aliphatic imine (C=N–C) groups is 1. The Morgan fingerprint density at radius 1 is 1.03 bits per heavy atom. The summed E-state index contributed by atoms with van der Waals surface area (Å²) in [5, 5.41) is 8.25. The fourth-order valence-corrected chi connectivity index (χ4v) is 5.36. The van der Waals surface area contributed by atoms with Gasteiger partial charge in [0.05, 0.1) is 36.5 Å². The van der Waals surface area contributed by atoms with Gasteiger partial charge in [0.25, 0.3) is 5.91 Å². The monoisotopic (exact) mass is 526 g/mol. The van der Waals surface area contributed by atoms with E-state index in [0.29, 0.717) is 30.9 Å². The number of sulfone groups is 1. The van der Waals surface area contributed by atoms with E-state index in [2.05, 4.69) is 23.2 Å². The van der Waals surface area contributed by atoms with Gasteiger partial charge in [0, 0.05) is 6.42 Å². The molecular weight excluding hydrogens is 500 g/mol. The van der Waals surface area contributed by atoms with Gasteiger partial charge in [-0.15, -0.1) is 0 Å². The van der Waals surface area contributed by atoms with E-state index in [-0.39, 0.29) is 27.5 Å². The number of hydrogen-bond acceptors (Lipinski definition) is 8. The van der Waals surface area contributed by atoms with Crippen LogP contribution in [0.4, 0.5) is 0 Å². The fraction of sp³-hybridized carbons (Fsp3) is 0.280. The minimum atomic E-state index is -3.68. The molecule has 11 heteroatoms. The zero-order chi connectivity index (χ0) is 25.9. The zero-order valence-electron chi connectivity index (χ0n) is 20.1. The van der Waals surface area contributed by atoms with Gasteiger partial charge in [0.2, 0.25) is 20.2 Å². The Balaban J connectivity index is 1.35. The Bertz CT molecular complexity index is 1400. The molecule has 1 amide bonds. The van der Waals surface area contributed by atoms with Gasteiger partial charge in [0.1, 0.15) is 17.3 Å². The maximum atomic E-state index is 12.5. The van der Waals surface area contributed by atoms with Crippen LogP contribution in [-0.2, 0) is 14.6 Å². The molecule has 0 fully saturated rings. The quantitative estimate of drug-likeness (QED) is 0.311. The number of amides is 1. The van der Waals surface area contributed by atoms with Crippen LogP contribution in [0.25, 0.3) is 6.08 Å². The molecule has 2 aliphatic rings. The Labute approximate surface area is 214 Å². The van der Waals surface area contributed by atoms with Gasteiger partial charge in [0.15, 0.2) is 0 Å². The van der Waals surface area contributed by atoms with Gasteiger partial charge < -0.3 is 9.47 Å². The number of carbonyl (C=O) groups excluding carboxylic acids is 1. The number of rotatable bonds is 8. The number of aryl methyl sites for hydroxylation is 2. The molecule has 1 N–H and O–H groups in total. The van der Waals surface area contributed by atoms with Crippen molar-refractivity contribution in [1.82, 2.24) is 4.90 Å². The summed E-state index contributed by atoms with van der Waals surface area (Å²) in [4.78, 5) is 17.5. The van der Waals surface area contributed by atoms with E-state index in [9.17, 15) is 13.2 Å². The van der Waals surface area contributed by atoms with Crippen LogP contribution < -0.4 is 9.47 Å². The highest BCUT2D eigenvalue weighted by atomic mass is 32.2. The van der Waals surface area contributed by atoms with Crippen LogP contribution >= 0.6 is 11.9 Å². The van der Waals surface area contributed by atoms with Crippen molar-refractivity contribution >= 4 is 49.9 Å². The van der Waals surface area contributed by atoms with Gasteiger partial charge in [-0.3, -0.25) is 10.2 Å². The van der Waals surface area contributed by atoms with Gasteiger partial charge in [-0.2, -0.15) is 9.39 Å². The highest BCUT2D eigenvalue weighted by Gasteiger charge is 2.42. The standard InChI is InChI=1S/C25H26N4O5S2/c1-4-36(31,32)25-28-35-24-27-23(30)21(22(26)29(24)25)15-18-7-10-19(11-8-18)33-12-5-13-34-20-9-6-16(2)17(3)14-20/h6-11,14-15,26H,4-5,12-13H2,1-3H3/b21-15-,26-22?. The van der Waals surface area contributed by atoms with Gasteiger partial charge in [-0.05, 0) is 60.9 Å². The summed E-state index contributed by atoms with van der Waals surface area (Å²) < 4.78 is 40.2. The molecule has 2 heterocycles. The first-order valence-corrected chi connectivity index (χ1v) is 13.8. The second-order valence-corrected chi connectivity index (χ2v) is 11.1. The second-order valence-electron chi connectivity index (χ2n) is 8.18. The van der Waals surface area contributed by atoms with Crippen LogP contribution in [0.15, 0.2) is 57.4 Å². The summed E-state index contributed by atoms with van der Waals surface area (Å²) in [6.45, 7) is 6.62. The molecule has 4 rings (SSSR count). The first-order chi connectivity index (χ1) is 17.2. The van der Waals surface area contributed by atoms with E-state index < -0.39 is 15.7 Å². The Hall–Kier alpha value is -3.44. The minimum Gasteiger partial charge on any atom is -0.493 e. The molecule has 9 nitrogen and oxygen atoms in total. The maximum absolute atomic E-state index is 12.5. The molecule has 0 unspecified atom stereocenters. The zero-order valence-corrected chi connectivity index (χ0v) is 21.8. The Morgan fingerprint density at radius 3 is 2.36 bits per heavy atom. The topological polar surface area (TPSA) is 121 Å². The Kier molecular flexibility index (Phi) is 7.60. The molecule has 0 saturated heterocycles. The molecule has 0 atom stereocenters. The Morgan fingerprint density at radius 2 is 1.69 bits per heavy atom. The first kappa shape index (κ1) is 25.6. The number of fused-ring (bicyclic) bond motifs is 1. The summed E-state index contributed by atoms with van der Waals surface area (Å²) in [7, 11) is -3.68. The third kappa shape index (κ3) is 5.52. The van der Waals surface area contributed by atoms with Crippen molar-refractivity contribution < 1.29 is 22.7 Å². The van der Waals surface area contributed by atoms with Crippen LogP contribution in [0.3, 0.4) is 0 Å². The molecule has 0 aromatic heterocycles. The molecule has 188 valence electrons. The van der Waals surface area contributed by atoms with Crippen molar-refractivity contribution in [2.45, 2.75) is 27.2 Å². The summed E-state index contributed by atoms with van der Waals surface area (Å²) >= 11 is 0.776. The molecule has 0 bridgehead atoms. The average Bonchev–Trinajstić information content (AvgIpc) is 3.29. The van der Waals surface area contributed by atoms with E-state index in [0.717, 1.165) is 22.6 Å². The second kappa shape index (κ2) is 10.7. The van der Waals surface area contributed by atoms with Crippen molar-refractivity contribution in [2.75, 3.05) is 19.0 Å². The van der Waals surface area contributed by atoms with Crippen molar-refractivity contribution in [3.05, 3.63) is 64.7 Å². The summed E-state index contributed by atoms with van der Waals surface area (Å²) in [5.74, 6) is 0.444. The predicted molar refractivity (Wildman–Crippen MR) is 142 cm³/mol. The van der Waals surface area contributed by atoms with Crippen molar-refractivity contribution in [1.29, 1.82) is 5.41 Å². The van der Waals surface area contributed by atoms with Gasteiger partial charge in [-0.1, -0.05) is 25.1 Å². The van der Waals surface area contributed by atoms with Crippen LogP contribution in [0.1, 0.15) is 30.0 Å². The summed E-state index contributed by atoms with van der Waals surface area (Å²) in [6.07, 6.45) is 2.22. The molecule has 2 aliphatic heterocycles. The third-order valence-corrected chi connectivity index (χ3v) is 8.06. The lowest BCUT2D eigenvalue weighted by Gasteiger charge is -2.24. The van der Waals surface area contributed by atoms with Crippen molar-refractivity contribution in [3.8, 4) is 11.5 Å². The third-order valence-electron chi connectivity index (χ3n) is 5.65. The van der Waals surface area contributed by atoms with E-state index in [1.807, 2.05) is 18.2 Å². The molecule has 2 aromatic carbocycles. The number of amidine groups is 3. The minimum absolute atomic E-state index is 0.0163. The molecular formula is C25H26N4O5S2. The van der Waals surface area contributed by atoms with E-state index in [1.165, 1.54) is 24.1 Å². The van der Waals surface area contributed by atoms with Crippen molar-refractivity contribution in [3.63, 3.8) is 0 Å².